The predicted octanol–water partition coefficient (Wildman–Crippen LogP) is 3.82. The highest BCUT2D eigenvalue weighted by atomic mass is 127. The molecule has 2 heterocycles. The molecule has 0 atom stereocenters. The van der Waals surface area contributed by atoms with Crippen LogP contribution >= 0.6 is 45.8 Å². The van der Waals surface area contributed by atoms with Crippen molar-refractivity contribution in [1.29, 1.82) is 0 Å². The Kier molecular flexibility index (Phi) is 4.65. The van der Waals surface area contributed by atoms with E-state index in [1.807, 2.05) is 47.5 Å². The van der Waals surface area contributed by atoms with Gasteiger partial charge < -0.3 is 4.90 Å². The average Bonchev–Trinajstić information content (AvgIpc) is 2.63. The van der Waals surface area contributed by atoms with Crippen molar-refractivity contribution >= 4 is 63.4 Å². The summed E-state index contributed by atoms with van der Waals surface area (Å²) in [6.07, 6.45) is 5.86. The van der Waals surface area contributed by atoms with E-state index in [0.717, 1.165) is 20.5 Å². The summed E-state index contributed by atoms with van der Waals surface area (Å²) in [5.74, 6) is 0.444. The normalized spacial score (nSPS) is 18.5. The van der Waals surface area contributed by atoms with Crippen molar-refractivity contribution in [2.24, 2.45) is 9.98 Å². The Morgan fingerprint density at radius 1 is 1.32 bits per heavy atom. The smallest absolute Gasteiger partial charge is 0.280 e. The highest BCUT2D eigenvalue weighted by Gasteiger charge is 2.22. The number of amidine groups is 2. The van der Waals surface area contributed by atoms with E-state index in [-0.39, 0.29) is 0 Å². The topological polar surface area (TPSA) is 45.0 Å². The summed E-state index contributed by atoms with van der Waals surface area (Å²) in [4.78, 5) is 21.1. The lowest BCUT2D eigenvalue weighted by Gasteiger charge is -2.21. The van der Waals surface area contributed by atoms with Crippen LogP contribution in [0.2, 0.25) is 0 Å². The number of hydrogen-bond acceptors (Lipinski definition) is 2. The van der Waals surface area contributed by atoms with Crippen molar-refractivity contribution in [3.63, 3.8) is 0 Å². The monoisotopic (exact) mass is 445 g/mol. The number of aliphatic imine (C=N–C) groups is 2. The van der Waals surface area contributed by atoms with E-state index in [0.29, 0.717) is 12.4 Å². The summed E-state index contributed by atoms with van der Waals surface area (Å²) < 4.78 is 1.10. The van der Waals surface area contributed by atoms with Crippen LogP contribution in [0.5, 0.6) is 0 Å². The van der Waals surface area contributed by atoms with Crippen LogP contribution in [0.25, 0.3) is 0 Å². The highest BCUT2D eigenvalue weighted by Crippen LogP contribution is 2.24. The minimum absolute atomic E-state index is 0.333. The molecule has 7 heteroatoms. The van der Waals surface area contributed by atoms with E-state index < -0.39 is 10.7 Å². The maximum absolute atomic E-state index is 11.8. The lowest BCUT2D eigenvalue weighted by atomic mass is 10.1. The number of amides is 1. The molecule has 0 aliphatic carbocycles. The summed E-state index contributed by atoms with van der Waals surface area (Å²) in [5.41, 5.74) is 1.84. The van der Waals surface area contributed by atoms with Crippen molar-refractivity contribution in [2.45, 2.75) is 11.4 Å². The van der Waals surface area contributed by atoms with E-state index in [9.17, 15) is 4.79 Å². The zero-order valence-corrected chi connectivity index (χ0v) is 14.9. The van der Waals surface area contributed by atoms with Crippen LogP contribution in [0.15, 0.2) is 56.2 Å². The number of benzene rings is 1. The molecule has 0 fully saturated rings. The van der Waals surface area contributed by atoms with Crippen LogP contribution in [-0.2, 0) is 11.3 Å². The SMILES string of the molecule is O=C(N=C1N=C2C=CC(I)=CN2Cc2ccccc21)C(Cl)Cl. The summed E-state index contributed by atoms with van der Waals surface area (Å²) in [6.45, 7) is 0.657. The van der Waals surface area contributed by atoms with E-state index >= 15 is 0 Å². The minimum Gasteiger partial charge on any atom is -0.327 e. The number of carbonyl (C=O) groups is 1. The van der Waals surface area contributed by atoms with Crippen LogP contribution in [0.1, 0.15) is 11.1 Å². The van der Waals surface area contributed by atoms with Gasteiger partial charge in [-0.2, -0.15) is 4.99 Å². The third-order valence-corrected chi connectivity index (χ3v) is 4.20. The lowest BCUT2D eigenvalue weighted by molar-refractivity contribution is -0.116. The van der Waals surface area contributed by atoms with Crippen molar-refractivity contribution in [2.75, 3.05) is 0 Å². The summed E-state index contributed by atoms with van der Waals surface area (Å²) in [5, 5.41) is 0. The van der Waals surface area contributed by atoms with Crippen LogP contribution in [0.4, 0.5) is 0 Å². The van der Waals surface area contributed by atoms with Gasteiger partial charge in [-0.15, -0.1) is 0 Å². The fourth-order valence-electron chi connectivity index (χ4n) is 2.20. The number of hydrogen-bond donors (Lipinski definition) is 0. The van der Waals surface area contributed by atoms with E-state index in [2.05, 4.69) is 32.6 Å². The van der Waals surface area contributed by atoms with Crippen LogP contribution in [-0.4, -0.2) is 27.3 Å². The molecule has 2 aliphatic heterocycles. The molecule has 0 unspecified atom stereocenters. The Bertz CT molecular complexity index is 753. The van der Waals surface area contributed by atoms with Crippen LogP contribution < -0.4 is 0 Å². The van der Waals surface area contributed by atoms with Gasteiger partial charge in [0.2, 0.25) is 0 Å². The zero-order valence-electron chi connectivity index (χ0n) is 11.2. The molecule has 1 amide bonds. The van der Waals surface area contributed by atoms with Gasteiger partial charge in [0, 0.05) is 21.9 Å². The van der Waals surface area contributed by atoms with Crippen molar-refractivity contribution in [1.82, 2.24) is 4.90 Å². The predicted molar refractivity (Wildman–Crippen MR) is 97.7 cm³/mol. The largest absolute Gasteiger partial charge is 0.327 e. The minimum atomic E-state index is -1.19. The standard InChI is InChI=1S/C15H10Cl2IN3O/c16-13(17)15(22)20-14-11-4-2-1-3-9(11)7-21-8-10(18)5-6-12(21)19-14/h1-6,8,13H,7H2. The fraction of sp³-hybridized carbons (Fsp3) is 0.133. The summed E-state index contributed by atoms with van der Waals surface area (Å²) in [7, 11) is 0. The van der Waals surface area contributed by atoms with E-state index in [1.54, 1.807) is 0 Å². The molecule has 4 nitrogen and oxygen atoms in total. The van der Waals surface area contributed by atoms with E-state index in [4.69, 9.17) is 23.2 Å². The molecular formula is C15H10Cl2IN3O. The summed E-state index contributed by atoms with van der Waals surface area (Å²) >= 11 is 13.4. The number of nitrogens with zero attached hydrogens (tertiary/aromatic N) is 3. The number of alkyl halides is 2. The van der Waals surface area contributed by atoms with Crippen molar-refractivity contribution < 1.29 is 4.79 Å². The number of halogens is 3. The van der Waals surface area contributed by atoms with Gasteiger partial charge >= 0.3 is 0 Å². The first-order valence-electron chi connectivity index (χ1n) is 6.44. The average molecular weight is 446 g/mol. The zero-order chi connectivity index (χ0) is 15.7. The Labute approximate surface area is 151 Å². The van der Waals surface area contributed by atoms with Crippen LogP contribution in [0, 0.1) is 0 Å². The molecule has 0 bridgehead atoms. The maximum atomic E-state index is 11.8. The molecule has 0 N–H and O–H groups in total. The molecule has 0 spiro atoms. The lowest BCUT2D eigenvalue weighted by Crippen LogP contribution is -2.25. The van der Waals surface area contributed by atoms with Crippen LogP contribution in [0.3, 0.4) is 0 Å². The molecule has 2 aliphatic rings. The first-order chi connectivity index (χ1) is 10.5. The molecule has 1 aromatic rings. The molecule has 3 rings (SSSR count). The molecular weight excluding hydrogens is 436 g/mol. The van der Waals surface area contributed by atoms with Gasteiger partial charge in [-0.25, -0.2) is 4.99 Å². The molecule has 0 saturated heterocycles. The third kappa shape index (κ3) is 3.26. The van der Waals surface area contributed by atoms with Crippen molar-refractivity contribution in [3.05, 3.63) is 57.3 Å². The number of carbonyl (C=O) groups excluding carboxylic acids is 1. The van der Waals surface area contributed by atoms with Gasteiger partial charge in [0.15, 0.2) is 10.7 Å². The molecule has 0 radical (unpaired) electrons. The second-order valence-corrected chi connectivity index (χ2v) is 7.02. The van der Waals surface area contributed by atoms with Gasteiger partial charge in [-0.3, -0.25) is 4.79 Å². The second-order valence-electron chi connectivity index (χ2n) is 4.68. The Morgan fingerprint density at radius 3 is 2.86 bits per heavy atom. The molecule has 1 aromatic carbocycles. The number of allylic oxidation sites excluding steroid dienone is 2. The van der Waals surface area contributed by atoms with Gasteiger partial charge in [0.05, 0.1) is 0 Å². The fourth-order valence-corrected chi connectivity index (χ4v) is 2.82. The number of fused-ring (bicyclic) bond motifs is 2. The third-order valence-electron chi connectivity index (χ3n) is 3.19. The first kappa shape index (κ1) is 15.7. The summed E-state index contributed by atoms with van der Waals surface area (Å²) in [6, 6.07) is 7.72. The van der Waals surface area contributed by atoms with E-state index in [1.165, 1.54) is 0 Å². The van der Waals surface area contributed by atoms with Gasteiger partial charge in [0.25, 0.3) is 5.91 Å². The quantitative estimate of drug-likeness (QED) is 0.487. The maximum Gasteiger partial charge on any atom is 0.280 e. The Morgan fingerprint density at radius 2 is 2.09 bits per heavy atom. The Hall–Kier alpha value is -1.18. The van der Waals surface area contributed by atoms with Gasteiger partial charge in [-0.1, -0.05) is 47.5 Å². The molecule has 112 valence electrons. The van der Waals surface area contributed by atoms with Gasteiger partial charge in [-0.05, 0) is 40.3 Å². The second kappa shape index (κ2) is 6.52. The molecule has 22 heavy (non-hydrogen) atoms. The van der Waals surface area contributed by atoms with Gasteiger partial charge in [0.1, 0.15) is 5.84 Å². The highest BCUT2D eigenvalue weighted by molar-refractivity contribution is 14.1. The molecule has 0 aromatic heterocycles. The van der Waals surface area contributed by atoms with Crippen molar-refractivity contribution in [3.8, 4) is 0 Å². The number of rotatable bonds is 1. The Balaban J connectivity index is 2.13. The first-order valence-corrected chi connectivity index (χ1v) is 8.39. The molecule has 0 saturated carbocycles.